The molecule has 0 radical (unpaired) electrons. The van der Waals surface area contributed by atoms with Gasteiger partial charge in [0.05, 0.1) is 12.4 Å². The second-order valence-corrected chi connectivity index (χ2v) is 6.93. The number of hydrogen-bond donors (Lipinski definition) is 2. The standard InChI is InChI=1S/C15H15ClFO5P/c1-8-6-10(23(18,19)20)7-9(2)15(8)22-12-5-4-11(21-3)13(16)14(12)17/h4-7H,1-3H3,(H2,18,19,20). The maximum atomic E-state index is 14.2. The van der Waals surface area contributed by atoms with Gasteiger partial charge in [-0.15, -0.1) is 0 Å². The van der Waals surface area contributed by atoms with E-state index in [-0.39, 0.29) is 21.8 Å². The van der Waals surface area contributed by atoms with Crippen LogP contribution < -0.4 is 14.8 Å². The van der Waals surface area contributed by atoms with Gasteiger partial charge in [-0.25, -0.2) is 4.39 Å². The Morgan fingerprint density at radius 3 is 2.13 bits per heavy atom. The Hall–Kier alpha value is -1.59. The first-order valence-electron chi connectivity index (χ1n) is 6.52. The summed E-state index contributed by atoms with van der Waals surface area (Å²) in [6.07, 6.45) is 0. The van der Waals surface area contributed by atoms with Gasteiger partial charge in [-0.2, -0.15) is 0 Å². The predicted octanol–water partition coefficient (Wildman–Crippen LogP) is 3.70. The number of aryl methyl sites for hydroxylation is 2. The largest absolute Gasteiger partial charge is 0.495 e. The van der Waals surface area contributed by atoms with Gasteiger partial charge in [0.1, 0.15) is 16.5 Å². The monoisotopic (exact) mass is 360 g/mol. The van der Waals surface area contributed by atoms with Gasteiger partial charge in [-0.3, -0.25) is 4.57 Å². The molecule has 8 heteroatoms. The lowest BCUT2D eigenvalue weighted by Gasteiger charge is -2.15. The molecule has 23 heavy (non-hydrogen) atoms. The zero-order valence-corrected chi connectivity index (χ0v) is 14.3. The zero-order valence-electron chi connectivity index (χ0n) is 12.6. The molecule has 0 aromatic heterocycles. The third kappa shape index (κ3) is 3.67. The molecule has 5 nitrogen and oxygen atoms in total. The Labute approximate surface area is 137 Å². The summed E-state index contributed by atoms with van der Waals surface area (Å²) in [5.41, 5.74) is 0.935. The van der Waals surface area contributed by atoms with Gasteiger partial charge in [0, 0.05) is 0 Å². The highest BCUT2D eigenvalue weighted by atomic mass is 35.5. The third-order valence-electron chi connectivity index (χ3n) is 3.22. The SMILES string of the molecule is COc1ccc(Oc2c(C)cc(P(=O)(O)O)cc2C)c(F)c1Cl. The van der Waals surface area contributed by atoms with Crippen LogP contribution in [0.2, 0.25) is 5.02 Å². The summed E-state index contributed by atoms with van der Waals surface area (Å²) in [4.78, 5) is 18.5. The minimum Gasteiger partial charge on any atom is -0.495 e. The van der Waals surface area contributed by atoms with Crippen molar-refractivity contribution in [2.45, 2.75) is 13.8 Å². The van der Waals surface area contributed by atoms with E-state index in [4.69, 9.17) is 21.1 Å². The van der Waals surface area contributed by atoms with E-state index in [1.54, 1.807) is 13.8 Å². The number of rotatable bonds is 4. The fraction of sp³-hybridized carbons (Fsp3) is 0.200. The van der Waals surface area contributed by atoms with Crippen LogP contribution in [-0.4, -0.2) is 16.9 Å². The second kappa shape index (κ2) is 6.49. The Morgan fingerprint density at radius 1 is 1.13 bits per heavy atom. The van der Waals surface area contributed by atoms with Gasteiger partial charge < -0.3 is 19.3 Å². The highest BCUT2D eigenvalue weighted by Gasteiger charge is 2.21. The summed E-state index contributed by atoms with van der Waals surface area (Å²) in [5, 5.41) is -0.319. The first-order valence-corrected chi connectivity index (χ1v) is 8.51. The molecule has 0 unspecified atom stereocenters. The third-order valence-corrected chi connectivity index (χ3v) is 4.51. The van der Waals surface area contributed by atoms with E-state index in [1.165, 1.54) is 31.4 Å². The lowest BCUT2D eigenvalue weighted by molar-refractivity contribution is 0.387. The normalized spacial score (nSPS) is 11.4. The van der Waals surface area contributed by atoms with Gasteiger partial charge in [0.15, 0.2) is 11.6 Å². The number of methoxy groups -OCH3 is 1. The van der Waals surface area contributed by atoms with Crippen LogP contribution in [0.1, 0.15) is 11.1 Å². The van der Waals surface area contributed by atoms with Crippen molar-refractivity contribution in [3.8, 4) is 17.2 Å². The Bertz CT molecular complexity index is 780. The second-order valence-electron chi connectivity index (χ2n) is 4.95. The van der Waals surface area contributed by atoms with E-state index >= 15 is 0 Å². The molecule has 0 amide bonds. The molecule has 0 heterocycles. The fourth-order valence-corrected chi connectivity index (χ4v) is 3.07. The molecular formula is C15H15ClFO5P. The van der Waals surface area contributed by atoms with Crippen LogP contribution in [0.15, 0.2) is 24.3 Å². The van der Waals surface area contributed by atoms with Gasteiger partial charge in [-0.1, -0.05) is 11.6 Å². The molecule has 0 atom stereocenters. The van der Waals surface area contributed by atoms with Crippen molar-refractivity contribution in [1.82, 2.24) is 0 Å². The molecule has 0 bridgehead atoms. The highest BCUT2D eigenvalue weighted by Crippen LogP contribution is 2.39. The Morgan fingerprint density at radius 2 is 1.65 bits per heavy atom. The van der Waals surface area contributed by atoms with E-state index in [2.05, 4.69) is 0 Å². The number of hydrogen-bond acceptors (Lipinski definition) is 3. The number of halogens is 2. The van der Waals surface area contributed by atoms with E-state index in [1.807, 2.05) is 0 Å². The van der Waals surface area contributed by atoms with Crippen molar-refractivity contribution in [2.75, 3.05) is 7.11 Å². The molecule has 2 rings (SSSR count). The van der Waals surface area contributed by atoms with E-state index < -0.39 is 13.4 Å². The van der Waals surface area contributed by atoms with E-state index in [0.717, 1.165) is 0 Å². The zero-order chi connectivity index (χ0) is 17.4. The molecule has 2 N–H and O–H groups in total. The van der Waals surface area contributed by atoms with Crippen LogP contribution in [0.25, 0.3) is 0 Å². The van der Waals surface area contributed by atoms with Crippen molar-refractivity contribution in [3.63, 3.8) is 0 Å². The quantitative estimate of drug-likeness (QED) is 0.813. The number of benzene rings is 2. The molecule has 0 spiro atoms. The van der Waals surface area contributed by atoms with E-state index in [9.17, 15) is 18.7 Å². The molecule has 0 aliphatic rings. The summed E-state index contributed by atoms with van der Waals surface area (Å²) in [7, 11) is -3.00. The lowest BCUT2D eigenvalue weighted by Crippen LogP contribution is -2.07. The van der Waals surface area contributed by atoms with Gasteiger partial charge in [0.2, 0.25) is 0 Å². The molecular weight excluding hydrogens is 346 g/mol. The molecule has 0 saturated heterocycles. The Kier molecular flexibility index (Phi) is 5.01. The minimum absolute atomic E-state index is 0.106. The highest BCUT2D eigenvalue weighted by molar-refractivity contribution is 7.60. The maximum Gasteiger partial charge on any atom is 0.356 e. The molecule has 0 aliphatic carbocycles. The van der Waals surface area contributed by atoms with Gasteiger partial charge in [0.25, 0.3) is 0 Å². The maximum absolute atomic E-state index is 14.2. The first-order chi connectivity index (χ1) is 10.6. The van der Waals surface area contributed by atoms with Crippen molar-refractivity contribution >= 4 is 24.5 Å². The molecule has 2 aromatic rings. The van der Waals surface area contributed by atoms with Crippen LogP contribution in [-0.2, 0) is 4.57 Å². The molecule has 0 saturated carbocycles. The van der Waals surface area contributed by atoms with Crippen LogP contribution in [0.4, 0.5) is 4.39 Å². The van der Waals surface area contributed by atoms with Crippen molar-refractivity contribution in [1.29, 1.82) is 0 Å². The van der Waals surface area contributed by atoms with Crippen molar-refractivity contribution < 1.29 is 28.2 Å². The van der Waals surface area contributed by atoms with Gasteiger partial charge >= 0.3 is 7.60 Å². The van der Waals surface area contributed by atoms with Crippen molar-refractivity contribution in [3.05, 3.63) is 46.2 Å². The first kappa shape index (κ1) is 17.8. The van der Waals surface area contributed by atoms with Crippen LogP contribution >= 0.6 is 19.2 Å². The summed E-state index contributed by atoms with van der Waals surface area (Å²) in [6.45, 7) is 3.23. The topological polar surface area (TPSA) is 76.0 Å². The van der Waals surface area contributed by atoms with Crippen LogP contribution in [0.3, 0.4) is 0 Å². The predicted molar refractivity (Wildman–Crippen MR) is 85.6 cm³/mol. The molecule has 0 aliphatic heterocycles. The van der Waals surface area contributed by atoms with Crippen LogP contribution in [0, 0.1) is 19.7 Å². The summed E-state index contributed by atoms with van der Waals surface area (Å²) >= 11 is 5.85. The van der Waals surface area contributed by atoms with Crippen molar-refractivity contribution in [2.24, 2.45) is 0 Å². The fourth-order valence-electron chi connectivity index (χ4n) is 2.12. The molecule has 2 aromatic carbocycles. The number of ether oxygens (including phenoxy) is 2. The van der Waals surface area contributed by atoms with E-state index in [0.29, 0.717) is 16.9 Å². The Balaban J connectivity index is 2.46. The average molecular weight is 361 g/mol. The summed E-state index contributed by atoms with van der Waals surface area (Å²) < 4.78 is 36.0. The minimum atomic E-state index is -4.37. The average Bonchev–Trinajstić information content (AvgIpc) is 2.46. The van der Waals surface area contributed by atoms with Gasteiger partial charge in [-0.05, 0) is 49.2 Å². The lowest BCUT2D eigenvalue weighted by atomic mass is 10.1. The molecule has 0 fully saturated rings. The smallest absolute Gasteiger partial charge is 0.356 e. The van der Waals surface area contributed by atoms with Crippen LogP contribution in [0.5, 0.6) is 17.2 Å². The summed E-state index contributed by atoms with van der Waals surface area (Å²) in [5.74, 6) is -0.390. The molecule has 124 valence electrons. The summed E-state index contributed by atoms with van der Waals surface area (Å²) in [6, 6.07) is 5.46.